The van der Waals surface area contributed by atoms with Crippen LogP contribution in [0.15, 0.2) is 23.1 Å². The summed E-state index contributed by atoms with van der Waals surface area (Å²) in [6, 6.07) is 5.21. The van der Waals surface area contributed by atoms with E-state index in [-0.39, 0.29) is 6.42 Å². The Morgan fingerprint density at radius 1 is 1.50 bits per heavy atom. The first-order valence-corrected chi connectivity index (χ1v) is 5.18. The van der Waals surface area contributed by atoms with E-state index in [2.05, 4.69) is 0 Å². The number of nitriles is 1. The molecule has 2 N–H and O–H groups in total. The van der Waals surface area contributed by atoms with Gasteiger partial charge in [0, 0.05) is 0 Å². The molecule has 1 aromatic rings. The fourth-order valence-electron chi connectivity index (χ4n) is 0.967. The molecule has 4 nitrogen and oxygen atoms in total. The maximum absolute atomic E-state index is 13.0. The van der Waals surface area contributed by atoms with Gasteiger partial charge in [0.05, 0.1) is 12.5 Å². The topological polar surface area (TPSA) is 83.9 Å². The van der Waals surface area contributed by atoms with Gasteiger partial charge in [-0.25, -0.2) is 17.9 Å². The van der Waals surface area contributed by atoms with E-state index in [9.17, 15) is 12.8 Å². The molecule has 14 heavy (non-hydrogen) atoms. The molecule has 0 aliphatic heterocycles. The number of benzene rings is 1. The van der Waals surface area contributed by atoms with Crippen molar-refractivity contribution in [3.05, 3.63) is 29.6 Å². The van der Waals surface area contributed by atoms with Crippen LogP contribution in [-0.4, -0.2) is 8.42 Å². The number of hydrogen-bond donors (Lipinski definition) is 1. The molecule has 0 atom stereocenters. The Kier molecular flexibility index (Phi) is 2.84. The van der Waals surface area contributed by atoms with Gasteiger partial charge in [-0.3, -0.25) is 0 Å². The van der Waals surface area contributed by atoms with Crippen molar-refractivity contribution in [2.45, 2.75) is 11.3 Å². The summed E-state index contributed by atoms with van der Waals surface area (Å²) < 4.78 is 34.7. The van der Waals surface area contributed by atoms with Gasteiger partial charge in [-0.2, -0.15) is 5.26 Å². The number of hydrogen-bond acceptors (Lipinski definition) is 3. The Bertz CT molecular complexity index is 491. The molecule has 1 rings (SSSR count). The highest BCUT2D eigenvalue weighted by molar-refractivity contribution is 7.89. The lowest BCUT2D eigenvalue weighted by atomic mass is 10.2. The molecule has 0 saturated carbocycles. The van der Waals surface area contributed by atoms with Crippen molar-refractivity contribution in [1.82, 2.24) is 0 Å². The zero-order chi connectivity index (χ0) is 10.8. The Morgan fingerprint density at radius 3 is 2.64 bits per heavy atom. The number of primary sulfonamides is 1. The first kappa shape index (κ1) is 10.6. The average molecular weight is 214 g/mol. The Morgan fingerprint density at radius 2 is 2.14 bits per heavy atom. The van der Waals surface area contributed by atoms with Crippen LogP contribution in [0, 0.1) is 17.1 Å². The molecule has 0 unspecified atom stereocenters. The van der Waals surface area contributed by atoms with Gasteiger partial charge in [0.25, 0.3) is 0 Å². The molecule has 0 heterocycles. The Labute approximate surface area is 80.8 Å². The van der Waals surface area contributed by atoms with Crippen LogP contribution in [0.4, 0.5) is 4.39 Å². The summed E-state index contributed by atoms with van der Waals surface area (Å²) in [6.07, 6.45) is 0.0167. The van der Waals surface area contributed by atoms with Gasteiger partial charge in [0.2, 0.25) is 10.0 Å². The van der Waals surface area contributed by atoms with Gasteiger partial charge in [-0.15, -0.1) is 0 Å². The molecule has 1 aromatic carbocycles. The zero-order valence-electron chi connectivity index (χ0n) is 7.07. The van der Waals surface area contributed by atoms with Crippen molar-refractivity contribution in [2.24, 2.45) is 5.14 Å². The smallest absolute Gasteiger partial charge is 0.225 e. The summed E-state index contributed by atoms with van der Waals surface area (Å²) in [5, 5.41) is 13.1. The van der Waals surface area contributed by atoms with E-state index in [4.69, 9.17) is 10.4 Å². The number of halogens is 1. The standard InChI is InChI=1S/C8H7FN2O2S/c9-7-2-1-6(3-4-10)5-8(7)14(11,12)13/h1-2,5H,3H2,(H2,11,12,13). The number of rotatable bonds is 2. The van der Waals surface area contributed by atoms with Crippen LogP contribution in [0.2, 0.25) is 0 Å². The lowest BCUT2D eigenvalue weighted by Gasteiger charge is -2.01. The summed E-state index contributed by atoms with van der Waals surface area (Å²) in [5.41, 5.74) is 0.415. The summed E-state index contributed by atoms with van der Waals surface area (Å²) in [5.74, 6) is -0.908. The number of sulfonamides is 1. The van der Waals surface area contributed by atoms with Gasteiger partial charge in [0.15, 0.2) is 0 Å². The van der Waals surface area contributed by atoms with Crippen LogP contribution in [0.3, 0.4) is 0 Å². The van der Waals surface area contributed by atoms with E-state index in [1.165, 1.54) is 6.07 Å². The van der Waals surface area contributed by atoms with Crippen LogP contribution in [0.1, 0.15) is 5.56 Å². The molecule has 0 amide bonds. The lowest BCUT2D eigenvalue weighted by molar-refractivity contribution is 0.567. The maximum atomic E-state index is 13.0. The minimum Gasteiger partial charge on any atom is -0.225 e. The molecule has 0 aromatic heterocycles. The first-order chi connectivity index (χ1) is 6.45. The molecule has 0 fully saturated rings. The second-order valence-corrected chi connectivity index (χ2v) is 4.17. The second kappa shape index (κ2) is 3.74. The van der Waals surface area contributed by atoms with Crippen LogP contribution in [0.25, 0.3) is 0 Å². The maximum Gasteiger partial charge on any atom is 0.240 e. The normalized spacial score (nSPS) is 10.9. The average Bonchev–Trinajstić information content (AvgIpc) is 2.07. The molecule has 0 bridgehead atoms. The quantitative estimate of drug-likeness (QED) is 0.779. The van der Waals surface area contributed by atoms with E-state index in [1.807, 2.05) is 6.07 Å². The molecular formula is C8H7FN2O2S. The van der Waals surface area contributed by atoms with E-state index < -0.39 is 20.7 Å². The van der Waals surface area contributed by atoms with Crippen molar-refractivity contribution in [3.63, 3.8) is 0 Å². The van der Waals surface area contributed by atoms with Crippen molar-refractivity contribution >= 4 is 10.0 Å². The van der Waals surface area contributed by atoms with E-state index in [1.54, 1.807) is 0 Å². The van der Waals surface area contributed by atoms with Crippen molar-refractivity contribution in [1.29, 1.82) is 5.26 Å². The zero-order valence-corrected chi connectivity index (χ0v) is 7.88. The fourth-order valence-corrected chi connectivity index (χ4v) is 1.62. The third-order valence-electron chi connectivity index (χ3n) is 1.59. The predicted molar refractivity (Wildman–Crippen MR) is 47.1 cm³/mol. The fraction of sp³-hybridized carbons (Fsp3) is 0.125. The SMILES string of the molecule is N#CCc1ccc(F)c(S(N)(=O)=O)c1. The minimum absolute atomic E-state index is 0.0167. The second-order valence-electron chi connectivity index (χ2n) is 2.64. The third-order valence-corrected chi connectivity index (χ3v) is 2.51. The predicted octanol–water partition coefficient (Wildman–Crippen LogP) is 0.539. The molecule has 74 valence electrons. The molecule has 0 radical (unpaired) electrons. The largest absolute Gasteiger partial charge is 0.240 e. The number of nitrogens with zero attached hydrogens (tertiary/aromatic N) is 1. The Balaban J connectivity index is 3.31. The Hall–Kier alpha value is -1.45. The summed E-state index contributed by atoms with van der Waals surface area (Å²) in [4.78, 5) is -0.578. The summed E-state index contributed by atoms with van der Waals surface area (Å²) in [7, 11) is -4.06. The van der Waals surface area contributed by atoms with Crippen LogP contribution >= 0.6 is 0 Å². The van der Waals surface area contributed by atoms with Gasteiger partial charge in [-0.05, 0) is 17.7 Å². The highest BCUT2D eigenvalue weighted by Gasteiger charge is 2.14. The lowest BCUT2D eigenvalue weighted by Crippen LogP contribution is -2.14. The number of nitrogens with two attached hydrogens (primary N) is 1. The van der Waals surface area contributed by atoms with Crippen LogP contribution in [0.5, 0.6) is 0 Å². The summed E-state index contributed by atoms with van der Waals surface area (Å²) >= 11 is 0. The monoisotopic (exact) mass is 214 g/mol. The van der Waals surface area contributed by atoms with Gasteiger partial charge >= 0.3 is 0 Å². The van der Waals surface area contributed by atoms with Gasteiger partial charge in [-0.1, -0.05) is 6.07 Å². The van der Waals surface area contributed by atoms with E-state index >= 15 is 0 Å². The molecule has 0 saturated heterocycles. The molecular weight excluding hydrogens is 207 g/mol. The van der Waals surface area contributed by atoms with Crippen LogP contribution < -0.4 is 5.14 Å². The van der Waals surface area contributed by atoms with Gasteiger partial charge < -0.3 is 0 Å². The minimum atomic E-state index is -4.06. The molecule has 0 aliphatic carbocycles. The molecule has 6 heteroatoms. The van der Waals surface area contributed by atoms with Crippen molar-refractivity contribution in [2.75, 3.05) is 0 Å². The summed E-state index contributed by atoms with van der Waals surface area (Å²) in [6.45, 7) is 0. The highest BCUT2D eigenvalue weighted by atomic mass is 32.2. The molecule has 0 spiro atoms. The van der Waals surface area contributed by atoms with E-state index in [0.29, 0.717) is 5.56 Å². The molecule has 0 aliphatic rings. The van der Waals surface area contributed by atoms with Crippen molar-refractivity contribution < 1.29 is 12.8 Å². The third kappa shape index (κ3) is 2.28. The van der Waals surface area contributed by atoms with Crippen LogP contribution in [-0.2, 0) is 16.4 Å². The first-order valence-electron chi connectivity index (χ1n) is 3.63. The highest BCUT2D eigenvalue weighted by Crippen LogP contribution is 2.14. The van der Waals surface area contributed by atoms with Gasteiger partial charge in [0.1, 0.15) is 10.7 Å². The van der Waals surface area contributed by atoms with E-state index in [0.717, 1.165) is 12.1 Å². The van der Waals surface area contributed by atoms with Crippen molar-refractivity contribution in [3.8, 4) is 6.07 Å².